The SMILES string of the molecule is COc1cc(S(=O)(=O)N2C[C@@H](C)[C@@](C)(O)C2)c(C)cc1C. The van der Waals surface area contributed by atoms with Crippen LogP contribution in [0.5, 0.6) is 5.75 Å². The number of hydrogen-bond acceptors (Lipinski definition) is 4. The van der Waals surface area contributed by atoms with E-state index in [9.17, 15) is 13.5 Å². The topological polar surface area (TPSA) is 66.8 Å². The van der Waals surface area contributed by atoms with E-state index in [-0.39, 0.29) is 17.4 Å². The van der Waals surface area contributed by atoms with Crippen LogP contribution in [-0.2, 0) is 10.0 Å². The average molecular weight is 313 g/mol. The Balaban J connectivity index is 2.46. The second-order valence-electron chi connectivity index (χ2n) is 6.14. The van der Waals surface area contributed by atoms with Gasteiger partial charge in [0.15, 0.2) is 0 Å². The van der Waals surface area contributed by atoms with Crippen LogP contribution < -0.4 is 4.74 Å². The van der Waals surface area contributed by atoms with E-state index in [1.807, 2.05) is 19.9 Å². The maximum absolute atomic E-state index is 12.8. The van der Waals surface area contributed by atoms with E-state index < -0.39 is 15.6 Å². The van der Waals surface area contributed by atoms with Gasteiger partial charge in [-0.1, -0.05) is 13.0 Å². The standard InChI is InChI=1S/C15H23NO4S/c1-10-6-11(2)14(7-13(10)20-5)21(18,19)16-8-12(3)15(4,17)9-16/h6-7,12,17H,8-9H2,1-5H3/t12-,15+/m1/s1. The summed E-state index contributed by atoms with van der Waals surface area (Å²) >= 11 is 0. The molecule has 1 fully saturated rings. The average Bonchev–Trinajstić information content (AvgIpc) is 2.64. The van der Waals surface area contributed by atoms with Gasteiger partial charge in [-0.3, -0.25) is 0 Å². The Kier molecular flexibility index (Phi) is 4.08. The van der Waals surface area contributed by atoms with Crippen molar-refractivity contribution in [3.05, 3.63) is 23.3 Å². The van der Waals surface area contributed by atoms with E-state index in [1.54, 1.807) is 19.9 Å². The molecule has 0 aliphatic carbocycles. The largest absolute Gasteiger partial charge is 0.496 e. The number of β-amino-alcohol motifs (C(OH)–C–C–N with tert-alkyl or cyclic N) is 1. The zero-order valence-electron chi connectivity index (χ0n) is 13.2. The van der Waals surface area contributed by atoms with Crippen molar-refractivity contribution in [1.29, 1.82) is 0 Å². The van der Waals surface area contributed by atoms with Crippen molar-refractivity contribution in [2.45, 2.75) is 38.2 Å². The number of benzene rings is 1. The predicted molar refractivity (Wildman–Crippen MR) is 81.0 cm³/mol. The maximum Gasteiger partial charge on any atom is 0.243 e. The molecule has 2 atom stereocenters. The first kappa shape index (κ1) is 16.3. The molecule has 1 saturated heterocycles. The molecule has 1 aliphatic heterocycles. The minimum atomic E-state index is -3.63. The van der Waals surface area contributed by atoms with Gasteiger partial charge in [0.05, 0.1) is 17.6 Å². The van der Waals surface area contributed by atoms with Gasteiger partial charge >= 0.3 is 0 Å². The molecule has 0 unspecified atom stereocenters. The summed E-state index contributed by atoms with van der Waals surface area (Å²) in [4.78, 5) is 0.245. The fourth-order valence-electron chi connectivity index (χ4n) is 2.71. The van der Waals surface area contributed by atoms with E-state index in [2.05, 4.69) is 0 Å². The molecule has 5 nitrogen and oxygen atoms in total. The quantitative estimate of drug-likeness (QED) is 0.922. The minimum Gasteiger partial charge on any atom is -0.496 e. The van der Waals surface area contributed by atoms with E-state index in [1.165, 1.54) is 11.4 Å². The Morgan fingerprint density at radius 2 is 1.95 bits per heavy atom. The summed E-state index contributed by atoms with van der Waals surface area (Å²) in [5, 5.41) is 10.2. The maximum atomic E-state index is 12.8. The monoisotopic (exact) mass is 313 g/mol. The molecular weight excluding hydrogens is 290 g/mol. The number of aryl methyl sites for hydroxylation is 2. The van der Waals surface area contributed by atoms with Crippen molar-refractivity contribution in [2.75, 3.05) is 20.2 Å². The number of aliphatic hydroxyl groups is 1. The highest BCUT2D eigenvalue weighted by Crippen LogP contribution is 2.34. The van der Waals surface area contributed by atoms with Gasteiger partial charge in [0.2, 0.25) is 10.0 Å². The van der Waals surface area contributed by atoms with Crippen molar-refractivity contribution < 1.29 is 18.3 Å². The summed E-state index contributed by atoms with van der Waals surface area (Å²) in [5.41, 5.74) is 0.596. The molecular formula is C15H23NO4S. The Morgan fingerprint density at radius 1 is 1.33 bits per heavy atom. The van der Waals surface area contributed by atoms with Crippen LogP contribution >= 0.6 is 0 Å². The minimum absolute atomic E-state index is 0.0973. The summed E-state index contributed by atoms with van der Waals surface area (Å²) in [7, 11) is -2.10. The van der Waals surface area contributed by atoms with Gasteiger partial charge in [0.1, 0.15) is 5.75 Å². The van der Waals surface area contributed by atoms with E-state index in [4.69, 9.17) is 4.74 Å². The van der Waals surface area contributed by atoms with Crippen LogP contribution in [0.4, 0.5) is 0 Å². The lowest BCUT2D eigenvalue weighted by molar-refractivity contribution is 0.0404. The highest BCUT2D eigenvalue weighted by atomic mass is 32.2. The molecule has 0 radical (unpaired) electrons. The van der Waals surface area contributed by atoms with Crippen LogP contribution in [0.3, 0.4) is 0 Å². The Morgan fingerprint density at radius 3 is 2.43 bits per heavy atom. The molecule has 0 aromatic heterocycles. The summed E-state index contributed by atoms with van der Waals surface area (Å²) in [6.07, 6.45) is 0. The van der Waals surface area contributed by atoms with Gasteiger partial charge in [-0.2, -0.15) is 4.31 Å². The molecule has 0 amide bonds. The molecule has 1 aliphatic rings. The van der Waals surface area contributed by atoms with Crippen LogP contribution in [0.2, 0.25) is 0 Å². The lowest BCUT2D eigenvalue weighted by atomic mass is 9.95. The molecule has 0 bridgehead atoms. The van der Waals surface area contributed by atoms with Crippen LogP contribution in [-0.4, -0.2) is 43.6 Å². The molecule has 21 heavy (non-hydrogen) atoms. The number of ether oxygens (including phenoxy) is 1. The van der Waals surface area contributed by atoms with Crippen molar-refractivity contribution >= 4 is 10.0 Å². The van der Waals surface area contributed by atoms with E-state index in [0.29, 0.717) is 17.9 Å². The zero-order valence-corrected chi connectivity index (χ0v) is 14.0. The second kappa shape index (κ2) is 5.26. The first-order chi connectivity index (χ1) is 9.59. The lowest BCUT2D eigenvalue weighted by Crippen LogP contribution is -2.35. The van der Waals surface area contributed by atoms with Crippen molar-refractivity contribution in [3.63, 3.8) is 0 Å². The van der Waals surface area contributed by atoms with Crippen LogP contribution in [0.15, 0.2) is 17.0 Å². The highest BCUT2D eigenvalue weighted by molar-refractivity contribution is 7.89. The van der Waals surface area contributed by atoms with Gasteiger partial charge < -0.3 is 9.84 Å². The Labute approximate surface area is 126 Å². The van der Waals surface area contributed by atoms with Crippen LogP contribution in [0, 0.1) is 19.8 Å². The third-order valence-electron chi connectivity index (χ3n) is 4.35. The normalized spacial score (nSPS) is 27.0. The molecule has 0 saturated carbocycles. The molecule has 6 heteroatoms. The fourth-order valence-corrected chi connectivity index (χ4v) is 4.56. The highest BCUT2D eigenvalue weighted by Gasteiger charge is 2.44. The summed E-state index contributed by atoms with van der Waals surface area (Å²) in [6, 6.07) is 3.38. The van der Waals surface area contributed by atoms with Gasteiger partial charge in [-0.15, -0.1) is 0 Å². The van der Waals surface area contributed by atoms with Gasteiger partial charge in [-0.05, 0) is 37.8 Å². The second-order valence-corrected chi connectivity index (χ2v) is 8.05. The van der Waals surface area contributed by atoms with Crippen molar-refractivity contribution in [2.24, 2.45) is 5.92 Å². The van der Waals surface area contributed by atoms with Crippen LogP contribution in [0.1, 0.15) is 25.0 Å². The molecule has 1 N–H and O–H groups in total. The summed E-state index contributed by atoms with van der Waals surface area (Å²) in [5.74, 6) is 0.457. The molecule has 1 aromatic carbocycles. The smallest absolute Gasteiger partial charge is 0.243 e. The van der Waals surface area contributed by atoms with Crippen LogP contribution in [0.25, 0.3) is 0 Å². The van der Waals surface area contributed by atoms with Gasteiger partial charge in [0, 0.05) is 19.2 Å². The molecule has 2 rings (SSSR count). The van der Waals surface area contributed by atoms with Crippen molar-refractivity contribution in [1.82, 2.24) is 4.31 Å². The molecule has 1 aromatic rings. The summed E-state index contributed by atoms with van der Waals surface area (Å²) in [6.45, 7) is 7.63. The fraction of sp³-hybridized carbons (Fsp3) is 0.600. The first-order valence-electron chi connectivity index (χ1n) is 6.97. The first-order valence-corrected chi connectivity index (χ1v) is 8.41. The number of hydrogen-bond donors (Lipinski definition) is 1. The van der Waals surface area contributed by atoms with Gasteiger partial charge in [0.25, 0.3) is 0 Å². The number of methoxy groups -OCH3 is 1. The van der Waals surface area contributed by atoms with E-state index >= 15 is 0 Å². The molecule has 1 heterocycles. The number of sulfonamides is 1. The van der Waals surface area contributed by atoms with Gasteiger partial charge in [-0.25, -0.2) is 8.42 Å². The Bertz CT molecular complexity index is 652. The zero-order chi connectivity index (χ0) is 16.0. The lowest BCUT2D eigenvalue weighted by Gasteiger charge is -2.21. The number of nitrogens with zero attached hydrogens (tertiary/aromatic N) is 1. The van der Waals surface area contributed by atoms with E-state index in [0.717, 1.165) is 5.56 Å². The third-order valence-corrected chi connectivity index (χ3v) is 6.30. The predicted octanol–water partition coefficient (Wildman–Crippen LogP) is 1.70. The molecule has 0 spiro atoms. The van der Waals surface area contributed by atoms with Crippen molar-refractivity contribution in [3.8, 4) is 5.75 Å². The third kappa shape index (κ3) is 2.80. The number of rotatable bonds is 3. The summed E-state index contributed by atoms with van der Waals surface area (Å²) < 4.78 is 32.2. The Hall–Kier alpha value is -1.11. The molecule has 118 valence electrons.